The molecule has 142 valence electrons. The molecule has 0 saturated carbocycles. The van der Waals surface area contributed by atoms with Gasteiger partial charge < -0.3 is 10.6 Å². The van der Waals surface area contributed by atoms with Gasteiger partial charge in [-0.05, 0) is 50.2 Å². The van der Waals surface area contributed by atoms with Crippen molar-refractivity contribution in [3.05, 3.63) is 54.6 Å². The summed E-state index contributed by atoms with van der Waals surface area (Å²) in [5, 5.41) is 5.75. The van der Waals surface area contributed by atoms with Gasteiger partial charge in [-0.3, -0.25) is 14.5 Å². The van der Waals surface area contributed by atoms with Crippen LogP contribution < -0.4 is 10.6 Å². The molecule has 2 amide bonds. The first kappa shape index (κ1) is 19.5. The quantitative estimate of drug-likeness (QED) is 0.804. The Hall–Kier alpha value is -2.31. The summed E-state index contributed by atoms with van der Waals surface area (Å²) in [5.74, 6) is 0.151. The molecule has 0 aromatic heterocycles. The van der Waals surface area contributed by atoms with E-state index in [-0.39, 0.29) is 17.7 Å². The lowest BCUT2D eigenvalue weighted by Crippen LogP contribution is -2.42. The molecule has 27 heavy (non-hydrogen) atoms. The van der Waals surface area contributed by atoms with Crippen LogP contribution in [0.25, 0.3) is 0 Å². The van der Waals surface area contributed by atoms with Crippen LogP contribution >= 0.6 is 11.8 Å². The van der Waals surface area contributed by atoms with Gasteiger partial charge in [0.05, 0.1) is 12.2 Å². The molecule has 2 aromatic rings. The molecule has 0 atom stereocenters. The molecule has 3 rings (SSSR count). The Labute approximate surface area is 164 Å². The molecule has 1 aliphatic heterocycles. The first-order valence-corrected chi connectivity index (χ1v) is 10.0. The van der Waals surface area contributed by atoms with E-state index in [2.05, 4.69) is 27.7 Å². The van der Waals surface area contributed by atoms with E-state index in [1.54, 1.807) is 18.8 Å². The van der Waals surface area contributed by atoms with Crippen LogP contribution in [0.1, 0.15) is 12.8 Å². The van der Waals surface area contributed by atoms with Gasteiger partial charge in [0.2, 0.25) is 11.8 Å². The van der Waals surface area contributed by atoms with E-state index in [9.17, 15) is 9.59 Å². The summed E-state index contributed by atoms with van der Waals surface area (Å²) in [4.78, 5) is 28.5. The molecular formula is C21H25N3O2S. The van der Waals surface area contributed by atoms with Crippen LogP contribution in [0, 0.1) is 5.92 Å². The summed E-state index contributed by atoms with van der Waals surface area (Å²) >= 11 is 1.64. The zero-order valence-corrected chi connectivity index (χ0v) is 16.3. The summed E-state index contributed by atoms with van der Waals surface area (Å²) in [5.41, 5.74) is 0.830. The van der Waals surface area contributed by atoms with Crippen molar-refractivity contribution in [2.75, 3.05) is 32.0 Å². The van der Waals surface area contributed by atoms with Gasteiger partial charge in [0.15, 0.2) is 0 Å². The maximum atomic E-state index is 12.5. The molecule has 0 bridgehead atoms. The number of hydrogen-bond acceptors (Lipinski definition) is 4. The van der Waals surface area contributed by atoms with E-state index in [4.69, 9.17) is 0 Å². The summed E-state index contributed by atoms with van der Waals surface area (Å²) in [7, 11) is 1.67. The smallest absolute Gasteiger partial charge is 0.238 e. The van der Waals surface area contributed by atoms with E-state index >= 15 is 0 Å². The second-order valence-electron chi connectivity index (χ2n) is 6.62. The molecule has 0 aliphatic carbocycles. The number of nitrogens with one attached hydrogen (secondary N) is 2. The molecule has 0 unspecified atom stereocenters. The number of piperidine rings is 1. The predicted molar refractivity (Wildman–Crippen MR) is 109 cm³/mol. The lowest BCUT2D eigenvalue weighted by molar-refractivity contribution is -0.126. The molecule has 2 aromatic carbocycles. The zero-order valence-electron chi connectivity index (χ0n) is 15.5. The molecule has 2 N–H and O–H groups in total. The SMILES string of the molecule is CNC(=O)C1CCN(CC(=O)Nc2ccccc2Sc2ccccc2)CC1. The molecular weight excluding hydrogens is 358 g/mol. The highest BCUT2D eigenvalue weighted by Crippen LogP contribution is 2.33. The Morgan fingerprint density at radius 3 is 2.41 bits per heavy atom. The first-order valence-electron chi connectivity index (χ1n) is 9.21. The molecule has 0 spiro atoms. The third-order valence-corrected chi connectivity index (χ3v) is 5.79. The number of likely N-dealkylation sites (tertiary alicyclic amines) is 1. The molecule has 5 nitrogen and oxygen atoms in total. The second kappa shape index (κ2) is 9.58. The van der Waals surface area contributed by atoms with Crippen molar-refractivity contribution < 1.29 is 9.59 Å². The summed E-state index contributed by atoms with van der Waals surface area (Å²) in [6.07, 6.45) is 1.60. The number of carbonyl (C=O) groups excluding carboxylic acids is 2. The van der Waals surface area contributed by atoms with Crippen molar-refractivity contribution >= 4 is 29.3 Å². The van der Waals surface area contributed by atoms with Crippen LogP contribution in [-0.2, 0) is 9.59 Å². The van der Waals surface area contributed by atoms with Crippen LogP contribution in [0.15, 0.2) is 64.4 Å². The number of hydrogen-bond donors (Lipinski definition) is 2. The number of rotatable bonds is 6. The molecule has 1 aliphatic rings. The molecule has 0 radical (unpaired) electrons. The average Bonchev–Trinajstić information content (AvgIpc) is 2.70. The number of carbonyl (C=O) groups is 2. The minimum Gasteiger partial charge on any atom is -0.359 e. The van der Waals surface area contributed by atoms with Gasteiger partial charge in [-0.15, -0.1) is 0 Å². The zero-order chi connectivity index (χ0) is 19.1. The predicted octanol–water partition coefficient (Wildman–Crippen LogP) is 3.23. The van der Waals surface area contributed by atoms with Crippen molar-refractivity contribution in [1.29, 1.82) is 0 Å². The number of para-hydroxylation sites is 1. The minimum absolute atomic E-state index is 0.0190. The third-order valence-electron chi connectivity index (χ3n) is 4.70. The lowest BCUT2D eigenvalue weighted by atomic mass is 9.96. The van der Waals surface area contributed by atoms with Crippen molar-refractivity contribution in [2.24, 2.45) is 5.92 Å². The fourth-order valence-corrected chi connectivity index (χ4v) is 4.15. The van der Waals surface area contributed by atoms with Gasteiger partial charge in [0.25, 0.3) is 0 Å². The number of anilines is 1. The molecule has 1 saturated heterocycles. The van der Waals surface area contributed by atoms with Crippen LogP contribution in [0.5, 0.6) is 0 Å². The number of amides is 2. The van der Waals surface area contributed by atoms with Crippen molar-refractivity contribution in [3.8, 4) is 0 Å². The summed E-state index contributed by atoms with van der Waals surface area (Å²) in [6, 6.07) is 18.0. The minimum atomic E-state index is -0.0190. The highest BCUT2D eigenvalue weighted by atomic mass is 32.2. The highest BCUT2D eigenvalue weighted by molar-refractivity contribution is 7.99. The largest absolute Gasteiger partial charge is 0.359 e. The van der Waals surface area contributed by atoms with E-state index in [1.165, 1.54) is 0 Å². The Balaban J connectivity index is 1.55. The van der Waals surface area contributed by atoms with Gasteiger partial charge in [-0.25, -0.2) is 0 Å². The van der Waals surface area contributed by atoms with Crippen LogP contribution in [0.3, 0.4) is 0 Å². The Morgan fingerprint density at radius 2 is 1.70 bits per heavy atom. The average molecular weight is 384 g/mol. The first-order chi connectivity index (χ1) is 13.2. The molecule has 6 heteroatoms. The van der Waals surface area contributed by atoms with E-state index in [1.807, 2.05) is 42.5 Å². The normalized spacial score (nSPS) is 15.3. The monoisotopic (exact) mass is 383 g/mol. The van der Waals surface area contributed by atoms with Crippen molar-refractivity contribution in [3.63, 3.8) is 0 Å². The number of nitrogens with zero attached hydrogens (tertiary/aromatic N) is 1. The lowest BCUT2D eigenvalue weighted by Gasteiger charge is -2.30. The topological polar surface area (TPSA) is 61.4 Å². The summed E-state index contributed by atoms with van der Waals surface area (Å²) < 4.78 is 0. The van der Waals surface area contributed by atoms with Crippen molar-refractivity contribution in [2.45, 2.75) is 22.6 Å². The van der Waals surface area contributed by atoms with Crippen molar-refractivity contribution in [1.82, 2.24) is 10.2 Å². The Bertz CT molecular complexity index is 774. The van der Waals surface area contributed by atoms with E-state index < -0.39 is 0 Å². The van der Waals surface area contributed by atoms with Gasteiger partial charge in [0, 0.05) is 22.8 Å². The number of benzene rings is 2. The van der Waals surface area contributed by atoms with Gasteiger partial charge in [-0.1, -0.05) is 42.1 Å². The molecule has 1 heterocycles. The van der Waals surface area contributed by atoms with Gasteiger partial charge in [-0.2, -0.15) is 0 Å². The maximum absolute atomic E-state index is 12.5. The van der Waals surface area contributed by atoms with Crippen LogP contribution in [-0.4, -0.2) is 43.4 Å². The molecule has 1 fully saturated rings. The van der Waals surface area contributed by atoms with Crippen LogP contribution in [0.2, 0.25) is 0 Å². The van der Waals surface area contributed by atoms with Gasteiger partial charge >= 0.3 is 0 Å². The second-order valence-corrected chi connectivity index (χ2v) is 7.74. The fraction of sp³-hybridized carbons (Fsp3) is 0.333. The van der Waals surface area contributed by atoms with Gasteiger partial charge in [0.1, 0.15) is 0 Å². The maximum Gasteiger partial charge on any atom is 0.238 e. The third kappa shape index (κ3) is 5.58. The van der Waals surface area contributed by atoms with E-state index in [0.717, 1.165) is 41.4 Å². The standard InChI is InChI=1S/C21H25N3O2S/c1-22-21(26)16-11-13-24(14-12-16)15-20(25)23-18-9-5-6-10-19(18)27-17-7-3-2-4-8-17/h2-10,16H,11-15H2,1H3,(H,22,26)(H,23,25). The highest BCUT2D eigenvalue weighted by Gasteiger charge is 2.25. The van der Waals surface area contributed by atoms with Crippen LogP contribution in [0.4, 0.5) is 5.69 Å². The fourth-order valence-electron chi connectivity index (χ4n) is 3.22. The Morgan fingerprint density at radius 1 is 1.04 bits per heavy atom. The summed E-state index contributed by atoms with van der Waals surface area (Å²) in [6.45, 7) is 1.89. The Kier molecular flexibility index (Phi) is 6.90. The van der Waals surface area contributed by atoms with E-state index in [0.29, 0.717) is 6.54 Å².